The lowest BCUT2D eigenvalue weighted by Gasteiger charge is -2.21. The van der Waals surface area contributed by atoms with Gasteiger partial charge in [0.25, 0.3) is 0 Å². The van der Waals surface area contributed by atoms with Crippen LogP contribution in [0, 0.1) is 12.8 Å². The van der Waals surface area contributed by atoms with Crippen LogP contribution < -0.4 is 5.73 Å². The van der Waals surface area contributed by atoms with E-state index in [4.69, 9.17) is 5.73 Å². The van der Waals surface area contributed by atoms with Crippen molar-refractivity contribution in [1.82, 2.24) is 4.98 Å². The molecule has 0 aliphatic heterocycles. The molecule has 0 bridgehead atoms. The first-order chi connectivity index (χ1) is 14.6. The van der Waals surface area contributed by atoms with E-state index in [1.54, 1.807) is 0 Å². The monoisotopic (exact) mass is 406 g/mol. The van der Waals surface area contributed by atoms with Crippen LogP contribution in [0.5, 0.6) is 0 Å². The molecule has 0 saturated carbocycles. The lowest BCUT2D eigenvalue weighted by Crippen LogP contribution is -2.06. The molecule has 0 radical (unpaired) electrons. The molecule has 2 aromatic rings. The van der Waals surface area contributed by atoms with Crippen molar-refractivity contribution in [2.45, 2.75) is 67.2 Å². The molecule has 1 unspecified atom stereocenters. The van der Waals surface area contributed by atoms with Gasteiger partial charge >= 0.3 is 0 Å². The van der Waals surface area contributed by atoms with Crippen LogP contribution >= 0.6 is 0 Å². The van der Waals surface area contributed by atoms with Gasteiger partial charge in [0, 0.05) is 23.0 Å². The summed E-state index contributed by atoms with van der Waals surface area (Å²) in [6.45, 7) is 13.4. The molecule has 1 atom stereocenters. The predicted octanol–water partition coefficient (Wildman–Crippen LogP) is 7.82. The maximum absolute atomic E-state index is 5.53. The summed E-state index contributed by atoms with van der Waals surface area (Å²) in [5.41, 5.74) is 12.3. The number of nitrogens with two attached hydrogens (primary N) is 1. The van der Waals surface area contributed by atoms with Gasteiger partial charge in [-0.3, -0.25) is 0 Å². The van der Waals surface area contributed by atoms with Crippen molar-refractivity contribution in [2.24, 2.45) is 11.7 Å². The second-order valence-electron chi connectivity index (χ2n) is 7.53. The summed E-state index contributed by atoms with van der Waals surface area (Å²) in [7, 11) is 0. The van der Waals surface area contributed by atoms with Crippen LogP contribution in [0.1, 0.15) is 65.0 Å². The minimum absolute atomic E-state index is 0.657. The van der Waals surface area contributed by atoms with Gasteiger partial charge < -0.3 is 10.7 Å². The van der Waals surface area contributed by atoms with Gasteiger partial charge in [0.05, 0.1) is 0 Å². The van der Waals surface area contributed by atoms with E-state index in [0.29, 0.717) is 12.5 Å². The van der Waals surface area contributed by atoms with Crippen LogP contribution in [-0.4, -0.2) is 11.5 Å². The van der Waals surface area contributed by atoms with Crippen molar-refractivity contribution in [2.75, 3.05) is 6.54 Å². The van der Waals surface area contributed by atoms with Crippen LogP contribution in [0.25, 0.3) is 10.9 Å². The van der Waals surface area contributed by atoms with Crippen molar-refractivity contribution in [3.8, 4) is 0 Å². The van der Waals surface area contributed by atoms with E-state index in [2.05, 4.69) is 93.5 Å². The van der Waals surface area contributed by atoms with Gasteiger partial charge in [-0.15, -0.1) is 0 Å². The predicted molar refractivity (Wildman–Crippen MR) is 136 cm³/mol. The molecule has 1 aromatic carbocycles. The average molecular weight is 407 g/mol. The molecule has 0 fully saturated rings. The first-order valence-electron chi connectivity index (χ1n) is 11.6. The van der Waals surface area contributed by atoms with Crippen LogP contribution in [-0.2, 0) is 6.42 Å². The fourth-order valence-electron chi connectivity index (χ4n) is 3.34. The number of rotatable bonds is 3. The highest BCUT2D eigenvalue weighted by atomic mass is 14.7. The highest BCUT2D eigenvalue weighted by molar-refractivity contribution is 5.83. The van der Waals surface area contributed by atoms with Gasteiger partial charge in [-0.25, -0.2) is 0 Å². The third kappa shape index (κ3) is 7.84. The van der Waals surface area contributed by atoms with Crippen molar-refractivity contribution in [3.63, 3.8) is 0 Å². The fraction of sp³-hybridized carbons (Fsp3) is 0.429. The Balaban J connectivity index is 0.000000241. The standard InChI is InChI=1S/C11H14N2.C11H12.C4H10.C2H6/c1-8-2-3-11-10(6-8)9(4-5-12)7-13-11;1-9-5-4-7-10-6-2-3-8-11(9)10;1-3-4-2;1-2/h2-3,6-7,13H,4-5,12H2,1H3;2-5,7-8,10H,6H2,1H3;3-4H2,1-2H3;1-2H3. The molecule has 2 aliphatic carbocycles. The van der Waals surface area contributed by atoms with Gasteiger partial charge in [-0.05, 0) is 62.1 Å². The molecule has 164 valence electrons. The number of hydrogen-bond donors (Lipinski definition) is 2. The Morgan fingerprint density at radius 2 is 1.77 bits per heavy atom. The number of fused-ring (bicyclic) bond motifs is 2. The zero-order valence-corrected chi connectivity index (χ0v) is 20.0. The summed E-state index contributed by atoms with van der Waals surface area (Å²) >= 11 is 0. The molecule has 2 nitrogen and oxygen atoms in total. The lowest BCUT2D eigenvalue weighted by atomic mass is 9.84. The minimum Gasteiger partial charge on any atom is -0.361 e. The van der Waals surface area contributed by atoms with Crippen molar-refractivity contribution in [3.05, 3.63) is 83.1 Å². The summed E-state index contributed by atoms with van der Waals surface area (Å²) in [6, 6.07) is 6.44. The van der Waals surface area contributed by atoms with Gasteiger partial charge in [-0.1, -0.05) is 88.6 Å². The minimum atomic E-state index is 0.657. The van der Waals surface area contributed by atoms with Gasteiger partial charge in [0.1, 0.15) is 0 Å². The maximum Gasteiger partial charge on any atom is 0.0456 e. The van der Waals surface area contributed by atoms with Gasteiger partial charge in [0.2, 0.25) is 0 Å². The van der Waals surface area contributed by atoms with E-state index >= 15 is 0 Å². The largest absolute Gasteiger partial charge is 0.361 e. The summed E-state index contributed by atoms with van der Waals surface area (Å²) in [5.74, 6) is 0.657. The van der Waals surface area contributed by atoms with Crippen molar-refractivity contribution < 1.29 is 0 Å². The highest BCUT2D eigenvalue weighted by Gasteiger charge is 2.15. The normalized spacial score (nSPS) is 16.0. The highest BCUT2D eigenvalue weighted by Crippen LogP contribution is 2.30. The molecule has 2 aliphatic rings. The van der Waals surface area contributed by atoms with Crippen LogP contribution in [0.15, 0.2) is 72.0 Å². The third-order valence-electron chi connectivity index (χ3n) is 5.18. The molecule has 1 heterocycles. The van der Waals surface area contributed by atoms with E-state index < -0.39 is 0 Å². The smallest absolute Gasteiger partial charge is 0.0456 e. The van der Waals surface area contributed by atoms with Gasteiger partial charge in [0.15, 0.2) is 0 Å². The second-order valence-corrected chi connectivity index (χ2v) is 7.53. The summed E-state index contributed by atoms with van der Waals surface area (Å²) in [6.07, 6.45) is 20.1. The van der Waals surface area contributed by atoms with E-state index in [1.165, 1.54) is 52.4 Å². The molecular weight excluding hydrogens is 364 g/mol. The number of H-pyrrole nitrogens is 1. The number of aromatic nitrogens is 1. The SMILES string of the molecule is CC.CC1=CC=CC2CC=CC=C12.CCCC.Cc1ccc2[nH]cc(CCN)c2c1. The van der Waals surface area contributed by atoms with E-state index in [1.807, 2.05) is 13.8 Å². The Labute approximate surface area is 184 Å². The van der Waals surface area contributed by atoms with E-state index in [-0.39, 0.29) is 0 Å². The first-order valence-corrected chi connectivity index (χ1v) is 11.6. The molecular formula is C28H42N2. The lowest BCUT2D eigenvalue weighted by molar-refractivity contribution is 0.765. The number of aryl methyl sites for hydroxylation is 1. The molecule has 0 amide bonds. The molecule has 2 heteroatoms. The summed E-state index contributed by atoms with van der Waals surface area (Å²) < 4.78 is 0. The molecule has 30 heavy (non-hydrogen) atoms. The Morgan fingerprint density at radius 1 is 1.03 bits per heavy atom. The quantitative estimate of drug-likeness (QED) is 0.536. The Bertz CT molecular complexity index is 860. The summed E-state index contributed by atoms with van der Waals surface area (Å²) in [4.78, 5) is 3.24. The molecule has 1 aromatic heterocycles. The Kier molecular flexibility index (Phi) is 12.5. The topological polar surface area (TPSA) is 41.8 Å². The Hall–Kier alpha value is -2.32. The molecule has 3 N–H and O–H groups in total. The van der Waals surface area contributed by atoms with Crippen LogP contribution in [0.3, 0.4) is 0 Å². The van der Waals surface area contributed by atoms with E-state index in [0.717, 1.165) is 6.42 Å². The van der Waals surface area contributed by atoms with Crippen LogP contribution in [0.4, 0.5) is 0 Å². The number of nitrogens with one attached hydrogen (secondary N) is 1. The van der Waals surface area contributed by atoms with Crippen molar-refractivity contribution >= 4 is 10.9 Å². The summed E-state index contributed by atoms with van der Waals surface area (Å²) in [5, 5.41) is 1.31. The van der Waals surface area contributed by atoms with Crippen LogP contribution in [0.2, 0.25) is 0 Å². The number of hydrogen-bond acceptors (Lipinski definition) is 1. The maximum atomic E-state index is 5.53. The third-order valence-corrected chi connectivity index (χ3v) is 5.18. The van der Waals surface area contributed by atoms with Gasteiger partial charge in [-0.2, -0.15) is 0 Å². The Morgan fingerprint density at radius 3 is 2.40 bits per heavy atom. The fourth-order valence-corrected chi connectivity index (χ4v) is 3.34. The number of unbranched alkanes of at least 4 members (excludes halogenated alkanes) is 1. The number of allylic oxidation sites excluding steroid dienone is 8. The average Bonchev–Trinajstić information content (AvgIpc) is 3.18. The van der Waals surface area contributed by atoms with Crippen molar-refractivity contribution in [1.29, 1.82) is 0 Å². The molecule has 0 spiro atoms. The molecule has 4 rings (SSSR count). The van der Waals surface area contributed by atoms with E-state index in [9.17, 15) is 0 Å². The zero-order valence-electron chi connectivity index (χ0n) is 20.0. The second kappa shape index (κ2) is 14.6. The number of aromatic amines is 1. The number of benzene rings is 1. The zero-order chi connectivity index (χ0) is 22.4. The molecule has 0 saturated heterocycles. The first kappa shape index (κ1) is 25.7.